The zero-order valence-electron chi connectivity index (χ0n) is 10.9. The van der Waals surface area contributed by atoms with Gasteiger partial charge in [-0.25, -0.2) is 0 Å². The first-order valence-corrected chi connectivity index (χ1v) is 7.33. The predicted octanol–water partition coefficient (Wildman–Crippen LogP) is 1.65. The van der Waals surface area contributed by atoms with Crippen LogP contribution in [-0.4, -0.2) is 47.5 Å². The maximum Gasteiger partial charge on any atom is 0.0833 e. The molecule has 1 aliphatic rings. The number of hydrogen-bond donors (Lipinski definition) is 2. The molecule has 96 valence electrons. The molecule has 0 radical (unpaired) electrons. The van der Waals surface area contributed by atoms with Gasteiger partial charge in [-0.3, -0.25) is 0 Å². The Bertz CT molecular complexity index is 219. The zero-order chi connectivity index (χ0) is 12.2. The van der Waals surface area contributed by atoms with Crippen LogP contribution in [0.3, 0.4) is 0 Å². The average molecular weight is 247 g/mol. The first kappa shape index (κ1) is 14.3. The Morgan fingerprint density at radius 2 is 2.25 bits per heavy atom. The van der Waals surface area contributed by atoms with Crippen LogP contribution in [0.15, 0.2) is 0 Å². The van der Waals surface area contributed by atoms with Gasteiger partial charge in [0.15, 0.2) is 0 Å². The molecule has 0 aromatic rings. The van der Waals surface area contributed by atoms with E-state index in [-0.39, 0.29) is 5.60 Å². The van der Waals surface area contributed by atoms with Crippen molar-refractivity contribution >= 4 is 11.8 Å². The molecule has 4 heteroatoms. The molecule has 1 saturated heterocycles. The Hall–Kier alpha value is 0.230. The van der Waals surface area contributed by atoms with Crippen molar-refractivity contribution in [2.75, 3.05) is 25.2 Å². The second-order valence-corrected chi connectivity index (χ2v) is 6.47. The molecule has 1 rings (SSSR count). The fourth-order valence-corrected chi connectivity index (χ4v) is 2.86. The summed E-state index contributed by atoms with van der Waals surface area (Å²) in [4.78, 5) is 0. The summed E-state index contributed by atoms with van der Waals surface area (Å²) >= 11 is 1.68. The molecule has 0 saturated carbocycles. The van der Waals surface area contributed by atoms with Gasteiger partial charge in [-0.15, -0.1) is 0 Å². The summed E-state index contributed by atoms with van der Waals surface area (Å²) < 4.78 is 5.67. The largest absolute Gasteiger partial charge is 0.388 e. The minimum absolute atomic E-state index is 0.0265. The Labute approximate surface area is 103 Å². The number of ether oxygens (including phenoxy) is 1. The molecular weight excluding hydrogens is 222 g/mol. The lowest BCUT2D eigenvalue weighted by Crippen LogP contribution is -2.49. The summed E-state index contributed by atoms with van der Waals surface area (Å²) in [5.74, 6) is 0.770. The molecule has 2 unspecified atom stereocenters. The summed E-state index contributed by atoms with van der Waals surface area (Å²) in [7, 11) is 0. The quantitative estimate of drug-likeness (QED) is 0.775. The monoisotopic (exact) mass is 247 g/mol. The van der Waals surface area contributed by atoms with E-state index in [1.165, 1.54) is 0 Å². The molecule has 1 fully saturated rings. The van der Waals surface area contributed by atoms with Crippen LogP contribution < -0.4 is 5.32 Å². The topological polar surface area (TPSA) is 41.5 Å². The van der Waals surface area contributed by atoms with Crippen molar-refractivity contribution in [3.8, 4) is 0 Å². The molecule has 2 N–H and O–H groups in total. The van der Waals surface area contributed by atoms with Crippen LogP contribution in [0.2, 0.25) is 0 Å². The highest BCUT2D eigenvalue weighted by molar-refractivity contribution is 7.98. The first-order chi connectivity index (χ1) is 7.35. The number of hydrogen-bond acceptors (Lipinski definition) is 4. The Kier molecular flexibility index (Phi) is 5.10. The first-order valence-electron chi connectivity index (χ1n) is 5.93. The molecule has 1 heterocycles. The Morgan fingerprint density at radius 3 is 2.81 bits per heavy atom. The number of aliphatic hydroxyl groups is 1. The van der Waals surface area contributed by atoms with Gasteiger partial charge in [-0.1, -0.05) is 0 Å². The van der Waals surface area contributed by atoms with Crippen LogP contribution in [0.1, 0.15) is 33.6 Å². The lowest BCUT2D eigenvalue weighted by atomic mass is 9.93. The normalized spacial score (nSPS) is 28.7. The van der Waals surface area contributed by atoms with Gasteiger partial charge < -0.3 is 15.2 Å². The van der Waals surface area contributed by atoms with E-state index in [1.807, 2.05) is 13.2 Å². The SMILES string of the molecule is CSCC(C)(O)CNC1CCOC(C)(C)C1. The Morgan fingerprint density at radius 1 is 1.56 bits per heavy atom. The molecule has 0 bridgehead atoms. The van der Waals surface area contributed by atoms with Crippen molar-refractivity contribution in [3.63, 3.8) is 0 Å². The number of rotatable bonds is 5. The van der Waals surface area contributed by atoms with Crippen LogP contribution in [0.4, 0.5) is 0 Å². The lowest BCUT2D eigenvalue weighted by Gasteiger charge is -2.37. The van der Waals surface area contributed by atoms with Crippen molar-refractivity contribution in [1.82, 2.24) is 5.32 Å². The van der Waals surface area contributed by atoms with Crippen LogP contribution in [-0.2, 0) is 4.74 Å². The van der Waals surface area contributed by atoms with Gasteiger partial charge in [-0.2, -0.15) is 11.8 Å². The summed E-state index contributed by atoms with van der Waals surface area (Å²) in [5, 5.41) is 13.5. The van der Waals surface area contributed by atoms with Crippen LogP contribution in [0.5, 0.6) is 0 Å². The van der Waals surface area contributed by atoms with Crippen molar-refractivity contribution in [1.29, 1.82) is 0 Å². The van der Waals surface area contributed by atoms with E-state index in [4.69, 9.17) is 4.74 Å². The third kappa shape index (κ3) is 5.04. The fourth-order valence-electron chi connectivity index (χ4n) is 2.13. The number of thioether (sulfide) groups is 1. The van der Waals surface area contributed by atoms with E-state index in [2.05, 4.69) is 19.2 Å². The molecule has 1 aliphatic heterocycles. The summed E-state index contributed by atoms with van der Waals surface area (Å²) in [6.45, 7) is 7.62. The highest BCUT2D eigenvalue weighted by Crippen LogP contribution is 2.24. The van der Waals surface area contributed by atoms with Crippen molar-refractivity contribution in [3.05, 3.63) is 0 Å². The maximum atomic E-state index is 10.1. The van der Waals surface area contributed by atoms with E-state index in [9.17, 15) is 5.11 Å². The standard InChI is InChI=1S/C12H25NO2S/c1-11(2)7-10(5-6-15-11)13-8-12(3,14)9-16-4/h10,13-14H,5-9H2,1-4H3. The molecule has 0 spiro atoms. The highest BCUT2D eigenvalue weighted by Gasteiger charge is 2.30. The molecule has 0 aliphatic carbocycles. The van der Waals surface area contributed by atoms with E-state index >= 15 is 0 Å². The molecule has 2 atom stereocenters. The van der Waals surface area contributed by atoms with Gasteiger partial charge in [-0.05, 0) is 39.9 Å². The van der Waals surface area contributed by atoms with Crippen LogP contribution in [0, 0.1) is 0 Å². The smallest absolute Gasteiger partial charge is 0.0833 e. The van der Waals surface area contributed by atoms with Crippen molar-refractivity contribution in [2.24, 2.45) is 0 Å². The van der Waals surface area contributed by atoms with Crippen LogP contribution >= 0.6 is 11.8 Å². The minimum atomic E-state index is -0.609. The fraction of sp³-hybridized carbons (Fsp3) is 1.00. The summed E-state index contributed by atoms with van der Waals surface area (Å²) in [5.41, 5.74) is -0.636. The van der Waals surface area contributed by atoms with Gasteiger partial charge in [0, 0.05) is 24.9 Å². The van der Waals surface area contributed by atoms with Crippen LogP contribution in [0.25, 0.3) is 0 Å². The van der Waals surface area contributed by atoms with E-state index in [1.54, 1.807) is 11.8 Å². The zero-order valence-corrected chi connectivity index (χ0v) is 11.7. The average Bonchev–Trinajstić information content (AvgIpc) is 2.13. The minimum Gasteiger partial charge on any atom is -0.388 e. The van der Waals surface area contributed by atoms with Gasteiger partial charge in [0.1, 0.15) is 0 Å². The Balaban J connectivity index is 2.32. The number of nitrogens with one attached hydrogen (secondary N) is 1. The van der Waals surface area contributed by atoms with Gasteiger partial charge >= 0.3 is 0 Å². The lowest BCUT2D eigenvalue weighted by molar-refractivity contribution is -0.0651. The van der Waals surface area contributed by atoms with Gasteiger partial charge in [0.2, 0.25) is 0 Å². The van der Waals surface area contributed by atoms with Crippen molar-refractivity contribution in [2.45, 2.75) is 50.9 Å². The van der Waals surface area contributed by atoms with Crippen molar-refractivity contribution < 1.29 is 9.84 Å². The molecule has 0 aromatic carbocycles. The molecule has 16 heavy (non-hydrogen) atoms. The third-order valence-corrected chi connectivity index (χ3v) is 3.83. The molecule has 3 nitrogen and oxygen atoms in total. The highest BCUT2D eigenvalue weighted by atomic mass is 32.2. The second kappa shape index (κ2) is 5.71. The second-order valence-electron chi connectivity index (χ2n) is 5.61. The van der Waals surface area contributed by atoms with Gasteiger partial charge in [0.25, 0.3) is 0 Å². The molecule has 0 aromatic heterocycles. The summed E-state index contributed by atoms with van der Waals surface area (Å²) in [6, 6.07) is 0.470. The predicted molar refractivity (Wildman–Crippen MR) is 70.1 cm³/mol. The maximum absolute atomic E-state index is 10.1. The molecule has 0 amide bonds. The van der Waals surface area contributed by atoms with E-state index in [0.717, 1.165) is 25.2 Å². The van der Waals surface area contributed by atoms with E-state index in [0.29, 0.717) is 12.6 Å². The molecular formula is C12H25NO2S. The van der Waals surface area contributed by atoms with Gasteiger partial charge in [0.05, 0.1) is 11.2 Å². The third-order valence-electron chi connectivity index (χ3n) is 2.92. The van der Waals surface area contributed by atoms with E-state index < -0.39 is 5.60 Å². The summed E-state index contributed by atoms with van der Waals surface area (Å²) in [6.07, 6.45) is 4.08.